The van der Waals surface area contributed by atoms with Gasteiger partial charge >= 0.3 is 0 Å². The molecule has 3 aromatic rings. The van der Waals surface area contributed by atoms with Crippen LogP contribution in [0.25, 0.3) is 11.1 Å². The van der Waals surface area contributed by atoms with Crippen molar-refractivity contribution in [3.05, 3.63) is 62.3 Å². The molecule has 0 aliphatic carbocycles. The lowest BCUT2D eigenvalue weighted by molar-refractivity contribution is 0.335. The molecule has 5 heteroatoms. The van der Waals surface area contributed by atoms with Crippen LogP contribution in [0.5, 0.6) is 0 Å². The molecular formula is C26H30N2S3. The monoisotopic (exact) mass is 466 g/mol. The summed E-state index contributed by atoms with van der Waals surface area (Å²) in [5.41, 5.74) is 7.94. The smallest absolute Gasteiger partial charge is 0.110 e. The zero-order valence-electron chi connectivity index (χ0n) is 19.4. The van der Waals surface area contributed by atoms with E-state index in [2.05, 4.69) is 101 Å². The molecule has 0 saturated carbocycles. The molecule has 0 N–H and O–H groups in total. The minimum atomic E-state index is -0.0611. The van der Waals surface area contributed by atoms with Gasteiger partial charge in [0.2, 0.25) is 0 Å². The summed E-state index contributed by atoms with van der Waals surface area (Å²) in [7, 11) is 8.02. The summed E-state index contributed by atoms with van der Waals surface area (Å²) in [6.07, 6.45) is 1.06. The third-order valence-electron chi connectivity index (χ3n) is 7.84. The van der Waals surface area contributed by atoms with E-state index in [1.807, 2.05) is 10.3 Å². The molecule has 2 nitrogen and oxygen atoms in total. The normalized spacial score (nSPS) is 23.2. The molecule has 2 aliphatic rings. The molecule has 0 radical (unpaired) electrons. The van der Waals surface area contributed by atoms with Crippen molar-refractivity contribution in [2.24, 2.45) is 0 Å². The molecule has 3 heterocycles. The van der Waals surface area contributed by atoms with E-state index in [-0.39, 0.29) is 16.5 Å². The second-order valence-electron chi connectivity index (χ2n) is 10.4. The van der Waals surface area contributed by atoms with Crippen molar-refractivity contribution in [3.63, 3.8) is 0 Å². The average Bonchev–Trinajstić information content (AvgIpc) is 3.13. The summed E-state index contributed by atoms with van der Waals surface area (Å²) in [6, 6.07) is 16.0. The van der Waals surface area contributed by atoms with Crippen LogP contribution in [0.2, 0.25) is 0 Å². The Balaban J connectivity index is 1.76. The number of benzene rings is 2. The molecule has 162 valence electrons. The lowest BCUT2D eigenvalue weighted by Crippen LogP contribution is -2.51. The average molecular weight is 467 g/mol. The highest BCUT2D eigenvalue weighted by atomic mass is 32.9. The second-order valence-corrected chi connectivity index (χ2v) is 13.2. The van der Waals surface area contributed by atoms with Gasteiger partial charge in [-0.05, 0) is 63.4 Å². The molecule has 1 aromatic heterocycles. The van der Waals surface area contributed by atoms with Crippen molar-refractivity contribution in [1.29, 1.82) is 0 Å². The van der Waals surface area contributed by atoms with Gasteiger partial charge in [-0.25, -0.2) is 0 Å². The predicted octanol–water partition coefficient (Wildman–Crippen LogP) is 7.82. The summed E-state index contributed by atoms with van der Waals surface area (Å²) in [5, 5.41) is 0. The highest BCUT2D eigenvalue weighted by Crippen LogP contribution is 2.54. The van der Waals surface area contributed by atoms with Gasteiger partial charge in [-0.3, -0.25) is 0 Å². The van der Waals surface area contributed by atoms with Crippen molar-refractivity contribution in [2.45, 2.75) is 57.5 Å². The van der Waals surface area contributed by atoms with Crippen LogP contribution < -0.4 is 9.80 Å². The van der Waals surface area contributed by atoms with E-state index in [1.165, 1.54) is 38.5 Å². The van der Waals surface area contributed by atoms with Crippen molar-refractivity contribution in [2.75, 3.05) is 23.9 Å². The summed E-state index contributed by atoms with van der Waals surface area (Å²) in [5.74, 6) is 0. The number of anilines is 2. The standard InChI is InChI=1S/C26H30N2S3/c1-24(2)15-26(5,18-10-8-9-11-20(18)27(24)6)16-12-13-19-17(14-16)21-22(30-31-23(21)29)25(3,4)28(19)7/h8-14H,15H2,1-7H3. The van der Waals surface area contributed by atoms with Crippen LogP contribution in [0, 0.1) is 3.82 Å². The number of hydrogen-bond donors (Lipinski definition) is 0. The Bertz CT molecular complexity index is 1250. The first-order valence-corrected chi connectivity index (χ1v) is 13.4. The fourth-order valence-corrected chi connectivity index (χ4v) is 8.94. The molecule has 0 fully saturated rings. The third-order valence-corrected chi connectivity index (χ3v) is 11.2. The van der Waals surface area contributed by atoms with Gasteiger partial charge in [0.05, 0.1) is 10.4 Å². The second kappa shape index (κ2) is 6.66. The van der Waals surface area contributed by atoms with Crippen molar-refractivity contribution in [3.8, 4) is 11.1 Å². The van der Waals surface area contributed by atoms with Crippen molar-refractivity contribution in [1.82, 2.24) is 0 Å². The van der Waals surface area contributed by atoms with E-state index in [0.29, 0.717) is 0 Å². The molecule has 0 amide bonds. The lowest BCUT2D eigenvalue weighted by Gasteiger charge is -2.51. The molecule has 0 bridgehead atoms. The SMILES string of the molecule is CN1c2ccccc2C(C)(c2ccc3c(c2)-c2c(ssc2=S)C(C)(C)N3C)CC1(C)C. The van der Waals surface area contributed by atoms with Gasteiger partial charge < -0.3 is 9.80 Å². The Hall–Kier alpha value is -1.69. The lowest BCUT2D eigenvalue weighted by atomic mass is 9.65. The van der Waals surface area contributed by atoms with Gasteiger partial charge in [0.1, 0.15) is 3.82 Å². The van der Waals surface area contributed by atoms with Crippen LogP contribution >= 0.6 is 32.9 Å². The van der Waals surface area contributed by atoms with Gasteiger partial charge in [0, 0.05) is 47.6 Å². The fourth-order valence-electron chi connectivity index (χ4n) is 5.62. The summed E-state index contributed by atoms with van der Waals surface area (Å²) >= 11 is 5.84. The Morgan fingerprint density at radius 1 is 0.871 bits per heavy atom. The number of hydrogen-bond acceptors (Lipinski definition) is 5. The largest absolute Gasteiger partial charge is 0.369 e. The Morgan fingerprint density at radius 2 is 1.58 bits per heavy atom. The van der Waals surface area contributed by atoms with E-state index >= 15 is 0 Å². The molecule has 2 aromatic carbocycles. The molecule has 31 heavy (non-hydrogen) atoms. The van der Waals surface area contributed by atoms with Crippen molar-refractivity contribution >= 4 is 44.3 Å². The highest BCUT2D eigenvalue weighted by molar-refractivity contribution is 7.80. The maximum atomic E-state index is 5.84. The summed E-state index contributed by atoms with van der Waals surface area (Å²) < 4.78 is 1.02. The number of fused-ring (bicyclic) bond motifs is 4. The van der Waals surface area contributed by atoms with Gasteiger partial charge in [-0.2, -0.15) is 0 Å². The fraction of sp³-hybridized carbons (Fsp3) is 0.423. The Kier molecular flexibility index (Phi) is 4.55. The number of para-hydroxylation sites is 1. The van der Waals surface area contributed by atoms with Crippen LogP contribution in [0.3, 0.4) is 0 Å². The van der Waals surface area contributed by atoms with E-state index in [0.717, 1.165) is 10.2 Å². The van der Waals surface area contributed by atoms with Crippen LogP contribution in [-0.2, 0) is 11.0 Å². The zero-order valence-corrected chi connectivity index (χ0v) is 21.8. The highest BCUT2D eigenvalue weighted by Gasteiger charge is 2.45. The van der Waals surface area contributed by atoms with Gasteiger partial charge in [0.25, 0.3) is 0 Å². The van der Waals surface area contributed by atoms with Crippen molar-refractivity contribution < 1.29 is 0 Å². The van der Waals surface area contributed by atoms with Crippen LogP contribution in [-0.4, -0.2) is 19.6 Å². The summed E-state index contributed by atoms with van der Waals surface area (Å²) in [4.78, 5) is 6.25. The van der Waals surface area contributed by atoms with Crippen LogP contribution in [0.15, 0.2) is 42.5 Å². The minimum Gasteiger partial charge on any atom is -0.369 e. The minimum absolute atomic E-state index is 0.0475. The Morgan fingerprint density at radius 3 is 2.32 bits per heavy atom. The number of rotatable bonds is 1. The first-order valence-electron chi connectivity index (χ1n) is 10.8. The van der Waals surface area contributed by atoms with E-state index in [1.54, 1.807) is 10.3 Å². The number of nitrogens with zero attached hydrogens (tertiary/aromatic N) is 2. The quantitative estimate of drug-likeness (QED) is 0.267. The molecular weight excluding hydrogens is 437 g/mol. The van der Waals surface area contributed by atoms with E-state index in [4.69, 9.17) is 12.2 Å². The molecule has 0 saturated heterocycles. The first-order chi connectivity index (χ1) is 14.5. The van der Waals surface area contributed by atoms with Crippen LogP contribution in [0.4, 0.5) is 11.4 Å². The van der Waals surface area contributed by atoms with E-state index in [9.17, 15) is 0 Å². The molecule has 0 spiro atoms. The Labute approximate surface area is 198 Å². The van der Waals surface area contributed by atoms with Gasteiger partial charge in [0.15, 0.2) is 0 Å². The molecule has 5 rings (SSSR count). The van der Waals surface area contributed by atoms with Gasteiger partial charge in [-0.15, -0.1) is 0 Å². The predicted molar refractivity (Wildman–Crippen MR) is 140 cm³/mol. The third kappa shape index (κ3) is 2.82. The summed E-state index contributed by atoms with van der Waals surface area (Å²) in [6.45, 7) is 11.7. The maximum absolute atomic E-state index is 5.84. The van der Waals surface area contributed by atoms with Crippen LogP contribution in [0.1, 0.15) is 57.0 Å². The zero-order chi connectivity index (χ0) is 22.3. The van der Waals surface area contributed by atoms with E-state index < -0.39 is 0 Å². The first kappa shape index (κ1) is 21.2. The van der Waals surface area contributed by atoms with Gasteiger partial charge in [-0.1, -0.05) is 64.1 Å². The molecule has 1 atom stereocenters. The maximum Gasteiger partial charge on any atom is 0.110 e. The molecule has 1 unspecified atom stereocenters. The molecule has 2 aliphatic heterocycles. The topological polar surface area (TPSA) is 6.48 Å².